The van der Waals surface area contributed by atoms with Crippen molar-refractivity contribution < 1.29 is 8.98 Å². The monoisotopic (exact) mass is 399 g/mol. The van der Waals surface area contributed by atoms with Crippen LogP contribution in [0.1, 0.15) is 63.4 Å². The van der Waals surface area contributed by atoms with Gasteiger partial charge in [0.2, 0.25) is 0 Å². The number of rotatable bonds is 8. The van der Waals surface area contributed by atoms with Gasteiger partial charge < -0.3 is 9.50 Å². The molecule has 4 fully saturated rings. The van der Waals surface area contributed by atoms with Gasteiger partial charge in [-0.25, -0.2) is 0 Å². The second-order valence-electron chi connectivity index (χ2n) is 10.0. The van der Waals surface area contributed by atoms with Crippen molar-refractivity contribution in [2.45, 2.75) is 64.3 Å². The van der Waals surface area contributed by atoms with Crippen molar-refractivity contribution in [3.8, 4) is 0 Å². The average molecular weight is 400 g/mol. The lowest BCUT2D eigenvalue weighted by molar-refractivity contribution is -0.140. The van der Waals surface area contributed by atoms with Crippen LogP contribution in [-0.4, -0.2) is 18.3 Å². The van der Waals surface area contributed by atoms with Gasteiger partial charge in [0.1, 0.15) is 0 Å². The Morgan fingerprint density at radius 2 is 1.93 bits per heavy atom. The first kappa shape index (κ1) is 19.0. The number of carbonyl (C=O) groups excluding carboxylic acids is 1. The molecule has 0 aromatic heterocycles. The fourth-order valence-corrected chi connectivity index (χ4v) is 6.79. The summed E-state index contributed by atoms with van der Waals surface area (Å²) in [5.74, 6) is 2.41. The summed E-state index contributed by atoms with van der Waals surface area (Å²) in [6, 6.07) is 10.4. The minimum absolute atomic E-state index is 0.00976. The van der Waals surface area contributed by atoms with Crippen LogP contribution in [0.4, 0.5) is 0 Å². The van der Waals surface area contributed by atoms with E-state index in [1.54, 1.807) is 0 Å². The Bertz CT molecular complexity index is 698. The largest absolute Gasteiger partial charge is 0.391 e. The first-order valence-corrected chi connectivity index (χ1v) is 12.2. The van der Waals surface area contributed by atoms with Gasteiger partial charge in [0.05, 0.1) is 18.0 Å². The molecule has 3 nitrogen and oxygen atoms in total. The van der Waals surface area contributed by atoms with Crippen LogP contribution in [-0.2, 0) is 15.5 Å². The summed E-state index contributed by atoms with van der Waals surface area (Å²) in [5, 5.41) is 3.51. The van der Waals surface area contributed by atoms with Gasteiger partial charge in [-0.1, -0.05) is 30.3 Å². The van der Waals surface area contributed by atoms with Crippen LogP contribution in [0, 0.1) is 28.6 Å². The predicted octanol–water partition coefficient (Wildman–Crippen LogP) is 5.35. The fourth-order valence-electron chi connectivity index (χ4n) is 5.91. The van der Waals surface area contributed by atoms with Crippen LogP contribution >= 0.6 is 12.0 Å². The maximum atomic E-state index is 12.5. The number of hydrogen-bond acceptors (Lipinski definition) is 4. The molecule has 5 rings (SSSR count). The van der Waals surface area contributed by atoms with Crippen molar-refractivity contribution >= 4 is 18.0 Å². The minimum Gasteiger partial charge on any atom is -0.391 e. The summed E-state index contributed by atoms with van der Waals surface area (Å²) in [5.41, 5.74) is 2.69. The van der Waals surface area contributed by atoms with Crippen molar-refractivity contribution in [2.75, 3.05) is 12.3 Å². The molecule has 1 aromatic rings. The Hall–Kier alpha value is -1.00. The van der Waals surface area contributed by atoms with E-state index >= 15 is 0 Å². The molecule has 1 heterocycles. The van der Waals surface area contributed by atoms with Gasteiger partial charge >= 0.3 is 5.97 Å². The quantitative estimate of drug-likeness (QED) is 0.598. The summed E-state index contributed by atoms with van der Waals surface area (Å²) >= 11 is 1.38. The van der Waals surface area contributed by atoms with Crippen LogP contribution in [0.5, 0.6) is 0 Å². The lowest BCUT2D eigenvalue weighted by Crippen LogP contribution is -2.38. The number of benzene rings is 1. The molecule has 28 heavy (non-hydrogen) atoms. The standard InChI is InChI=1S/C24H33NO2S/c26-22-21(16-25-15-18-4-2-1-3-5-18)19(17-28-27-22)6-9-24(12-13-24)20-7-8-23(14-20)10-11-23/h1-5,19-21,25H,6-17H2/t19?,20?,21-/m0/s1. The van der Waals surface area contributed by atoms with Gasteiger partial charge in [-0.2, -0.15) is 0 Å². The fraction of sp³-hybridized carbons (Fsp3) is 0.708. The van der Waals surface area contributed by atoms with Crippen LogP contribution in [0.25, 0.3) is 0 Å². The third-order valence-electron chi connectivity index (χ3n) is 8.26. The Kier molecular flexibility index (Phi) is 5.21. The SMILES string of the molecule is O=C1OSCC(CCC2(C3CCC4(CC4)C3)CC2)[C@@H]1CNCc1ccccc1. The predicted molar refractivity (Wildman–Crippen MR) is 114 cm³/mol. The van der Waals surface area contributed by atoms with Gasteiger partial charge in [-0.3, -0.25) is 4.79 Å². The average Bonchev–Trinajstić information content (AvgIpc) is 3.61. The second-order valence-corrected chi connectivity index (χ2v) is 10.7. The molecule has 3 atom stereocenters. The normalized spacial score (nSPS) is 32.3. The Labute approximate surface area is 173 Å². The molecule has 152 valence electrons. The molecule has 1 aromatic carbocycles. The summed E-state index contributed by atoms with van der Waals surface area (Å²) in [4.78, 5) is 12.5. The maximum Gasteiger partial charge on any atom is 0.322 e. The molecule has 2 unspecified atom stereocenters. The highest BCUT2D eigenvalue weighted by atomic mass is 32.2. The van der Waals surface area contributed by atoms with Gasteiger partial charge in [0.15, 0.2) is 0 Å². The highest BCUT2D eigenvalue weighted by Crippen LogP contribution is 2.68. The molecule has 0 amide bonds. The topological polar surface area (TPSA) is 38.3 Å². The summed E-state index contributed by atoms with van der Waals surface area (Å²) in [7, 11) is 0. The molecule has 0 radical (unpaired) electrons. The summed E-state index contributed by atoms with van der Waals surface area (Å²) < 4.78 is 5.34. The molecule has 3 aliphatic carbocycles. The zero-order valence-corrected chi connectivity index (χ0v) is 17.6. The van der Waals surface area contributed by atoms with Crippen LogP contribution in [0.15, 0.2) is 30.3 Å². The van der Waals surface area contributed by atoms with Gasteiger partial charge in [-0.05, 0) is 86.0 Å². The van der Waals surface area contributed by atoms with E-state index in [1.807, 2.05) is 6.07 Å². The minimum atomic E-state index is -0.00976. The maximum absolute atomic E-state index is 12.5. The molecule has 4 heteroatoms. The number of hydrogen-bond donors (Lipinski definition) is 1. The van der Waals surface area contributed by atoms with E-state index in [2.05, 4.69) is 29.6 Å². The summed E-state index contributed by atoms with van der Waals surface area (Å²) in [6.07, 6.45) is 12.9. The van der Waals surface area contributed by atoms with E-state index in [0.29, 0.717) is 11.3 Å². The lowest BCUT2D eigenvalue weighted by Gasteiger charge is -2.32. The molecule has 1 aliphatic heterocycles. The molecule has 1 saturated heterocycles. The third kappa shape index (κ3) is 4.00. The highest BCUT2D eigenvalue weighted by Gasteiger charge is 2.57. The van der Waals surface area contributed by atoms with Crippen molar-refractivity contribution in [1.29, 1.82) is 0 Å². The molecular formula is C24H33NO2S. The first-order chi connectivity index (χ1) is 13.7. The number of nitrogens with one attached hydrogen (secondary N) is 1. The molecule has 4 aliphatic rings. The molecular weight excluding hydrogens is 366 g/mol. The van der Waals surface area contributed by atoms with Crippen molar-refractivity contribution in [3.63, 3.8) is 0 Å². The van der Waals surface area contributed by atoms with E-state index in [-0.39, 0.29) is 11.9 Å². The van der Waals surface area contributed by atoms with E-state index in [0.717, 1.165) is 30.2 Å². The van der Waals surface area contributed by atoms with E-state index in [4.69, 9.17) is 4.18 Å². The lowest BCUT2D eigenvalue weighted by atomic mass is 9.79. The first-order valence-electron chi connectivity index (χ1n) is 11.3. The van der Waals surface area contributed by atoms with Gasteiger partial charge in [0, 0.05) is 18.8 Å². The number of carbonyl (C=O) groups is 1. The molecule has 1 N–H and O–H groups in total. The zero-order valence-electron chi connectivity index (χ0n) is 16.8. The smallest absolute Gasteiger partial charge is 0.322 e. The molecule has 1 spiro atoms. The van der Waals surface area contributed by atoms with Gasteiger partial charge in [0.25, 0.3) is 0 Å². The van der Waals surface area contributed by atoms with E-state index in [9.17, 15) is 4.79 Å². The zero-order chi connectivity index (χ0) is 19.0. The van der Waals surface area contributed by atoms with E-state index in [1.165, 1.54) is 75.4 Å². The van der Waals surface area contributed by atoms with Crippen molar-refractivity contribution in [1.82, 2.24) is 5.32 Å². The Balaban J connectivity index is 1.14. The Morgan fingerprint density at radius 1 is 1.11 bits per heavy atom. The van der Waals surface area contributed by atoms with Crippen LogP contribution in [0.3, 0.4) is 0 Å². The Morgan fingerprint density at radius 3 is 2.64 bits per heavy atom. The van der Waals surface area contributed by atoms with Crippen molar-refractivity contribution in [3.05, 3.63) is 35.9 Å². The molecule has 3 saturated carbocycles. The van der Waals surface area contributed by atoms with Gasteiger partial charge in [-0.15, -0.1) is 0 Å². The van der Waals surface area contributed by atoms with Crippen LogP contribution < -0.4 is 5.32 Å². The van der Waals surface area contributed by atoms with Crippen LogP contribution in [0.2, 0.25) is 0 Å². The van der Waals surface area contributed by atoms with Crippen molar-refractivity contribution in [2.24, 2.45) is 28.6 Å². The molecule has 0 bridgehead atoms. The second kappa shape index (κ2) is 7.68. The third-order valence-corrected chi connectivity index (χ3v) is 9.11. The summed E-state index contributed by atoms with van der Waals surface area (Å²) in [6.45, 7) is 1.55. The highest BCUT2D eigenvalue weighted by molar-refractivity contribution is 7.95. The van der Waals surface area contributed by atoms with E-state index < -0.39 is 0 Å².